The van der Waals surface area contributed by atoms with Gasteiger partial charge in [-0.2, -0.15) is 0 Å². The molecule has 0 aromatic heterocycles. The third-order valence-electron chi connectivity index (χ3n) is 1.73. The zero-order valence-electron chi connectivity index (χ0n) is 8.77. The Morgan fingerprint density at radius 1 is 1.29 bits per heavy atom. The van der Waals surface area contributed by atoms with Crippen molar-refractivity contribution >= 4 is 23.6 Å². The fraction of sp³-hybridized carbons (Fsp3) is 0.200. The van der Waals surface area contributed by atoms with Crippen LogP contribution in [-0.2, 0) is 16.2 Å². The van der Waals surface area contributed by atoms with Crippen molar-refractivity contribution in [3.63, 3.8) is 0 Å². The van der Waals surface area contributed by atoms with Crippen molar-refractivity contribution in [1.29, 1.82) is 0 Å². The molecule has 0 aliphatic rings. The van der Waals surface area contributed by atoms with Gasteiger partial charge in [-0.25, -0.2) is 15.1 Å². The minimum atomic E-state index is -1.16. The summed E-state index contributed by atoms with van der Waals surface area (Å²) in [6.07, 6.45) is 0. The molecule has 17 heavy (non-hydrogen) atoms. The second kappa shape index (κ2) is 6.72. The third-order valence-corrected chi connectivity index (χ3v) is 1.98. The molecule has 0 heterocycles. The Bertz CT molecular complexity index is 394. The van der Waals surface area contributed by atoms with E-state index in [0.29, 0.717) is 11.6 Å². The number of amides is 2. The highest BCUT2D eigenvalue weighted by Gasteiger charge is 2.02. The summed E-state index contributed by atoms with van der Waals surface area (Å²) in [5.41, 5.74) is 2.80. The normalized spacial score (nSPS) is 9.71. The average molecular weight is 259 g/mol. The zero-order chi connectivity index (χ0) is 12.7. The molecule has 3 N–H and O–H groups in total. The van der Waals surface area contributed by atoms with E-state index in [2.05, 4.69) is 10.2 Å². The first kappa shape index (κ1) is 13.3. The lowest BCUT2D eigenvalue weighted by atomic mass is 10.2. The van der Waals surface area contributed by atoms with Gasteiger partial charge in [0.25, 0.3) is 0 Å². The SMILES string of the molecule is O=C(O)CONC(=O)NCc1ccc(Cl)cc1. The van der Waals surface area contributed by atoms with Gasteiger partial charge < -0.3 is 10.4 Å². The topological polar surface area (TPSA) is 87.7 Å². The molecule has 7 heteroatoms. The number of urea groups is 1. The Hall–Kier alpha value is -1.79. The van der Waals surface area contributed by atoms with Gasteiger partial charge in [-0.1, -0.05) is 23.7 Å². The molecule has 0 aliphatic heterocycles. The van der Waals surface area contributed by atoms with E-state index in [-0.39, 0.29) is 0 Å². The summed E-state index contributed by atoms with van der Waals surface area (Å²) in [4.78, 5) is 25.6. The predicted octanol–water partition coefficient (Wildman–Crippen LogP) is 1.16. The van der Waals surface area contributed by atoms with E-state index < -0.39 is 18.6 Å². The largest absolute Gasteiger partial charge is 0.479 e. The van der Waals surface area contributed by atoms with Crippen LogP contribution in [0.1, 0.15) is 5.56 Å². The highest BCUT2D eigenvalue weighted by atomic mass is 35.5. The number of halogens is 1. The van der Waals surface area contributed by atoms with Crippen LogP contribution in [0.5, 0.6) is 0 Å². The minimum Gasteiger partial charge on any atom is -0.479 e. The van der Waals surface area contributed by atoms with Gasteiger partial charge >= 0.3 is 12.0 Å². The Labute approximate surface area is 102 Å². The van der Waals surface area contributed by atoms with Gasteiger partial charge in [0.05, 0.1) is 0 Å². The molecule has 0 atom stereocenters. The number of carboxylic acids is 1. The Morgan fingerprint density at radius 3 is 2.53 bits per heavy atom. The lowest BCUT2D eigenvalue weighted by molar-refractivity contribution is -0.144. The van der Waals surface area contributed by atoms with Crippen LogP contribution in [0.25, 0.3) is 0 Å². The molecule has 0 saturated carbocycles. The number of benzene rings is 1. The highest BCUT2D eigenvalue weighted by molar-refractivity contribution is 6.30. The molecule has 6 nitrogen and oxygen atoms in total. The number of nitrogens with one attached hydrogen (secondary N) is 2. The number of hydroxylamine groups is 1. The number of carboxylic acid groups (broad SMARTS) is 1. The molecule has 0 saturated heterocycles. The van der Waals surface area contributed by atoms with Crippen LogP contribution in [0.4, 0.5) is 4.79 Å². The van der Waals surface area contributed by atoms with Gasteiger partial charge in [-0.3, -0.25) is 4.84 Å². The second-order valence-electron chi connectivity index (χ2n) is 3.09. The first-order valence-corrected chi connectivity index (χ1v) is 5.07. The van der Waals surface area contributed by atoms with Crippen LogP contribution >= 0.6 is 11.6 Å². The minimum absolute atomic E-state index is 0.291. The van der Waals surface area contributed by atoms with E-state index in [4.69, 9.17) is 16.7 Å². The van der Waals surface area contributed by atoms with Gasteiger partial charge in [-0.15, -0.1) is 0 Å². The summed E-state index contributed by atoms with van der Waals surface area (Å²) >= 11 is 5.70. The number of aliphatic carboxylic acids is 1. The molecule has 0 bridgehead atoms. The fourth-order valence-electron chi connectivity index (χ4n) is 0.984. The molecule has 0 fully saturated rings. The summed E-state index contributed by atoms with van der Waals surface area (Å²) in [5, 5.41) is 11.3. The third kappa shape index (κ3) is 5.74. The maximum atomic E-state index is 11.1. The van der Waals surface area contributed by atoms with Crippen molar-refractivity contribution in [2.45, 2.75) is 6.54 Å². The number of hydrogen-bond donors (Lipinski definition) is 3. The van der Waals surface area contributed by atoms with E-state index in [9.17, 15) is 9.59 Å². The maximum Gasteiger partial charge on any atom is 0.338 e. The summed E-state index contributed by atoms with van der Waals surface area (Å²) in [6.45, 7) is -0.298. The van der Waals surface area contributed by atoms with Gasteiger partial charge in [0, 0.05) is 11.6 Å². The van der Waals surface area contributed by atoms with Gasteiger partial charge in [0.1, 0.15) is 0 Å². The van der Waals surface area contributed by atoms with Crippen molar-refractivity contribution in [3.8, 4) is 0 Å². The summed E-state index contributed by atoms with van der Waals surface area (Å²) in [6, 6.07) is 6.33. The molecule has 92 valence electrons. The van der Waals surface area contributed by atoms with Crippen LogP contribution < -0.4 is 10.8 Å². The summed E-state index contributed by atoms with van der Waals surface area (Å²) in [5.74, 6) is -1.16. The lowest BCUT2D eigenvalue weighted by Gasteiger charge is -2.06. The Balaban J connectivity index is 2.23. The first-order chi connectivity index (χ1) is 8.08. The highest BCUT2D eigenvalue weighted by Crippen LogP contribution is 2.08. The van der Waals surface area contributed by atoms with Crippen LogP contribution in [0.3, 0.4) is 0 Å². The molecule has 0 aliphatic carbocycles. The van der Waals surface area contributed by atoms with Gasteiger partial charge in [-0.05, 0) is 17.7 Å². The summed E-state index contributed by atoms with van der Waals surface area (Å²) in [7, 11) is 0. The van der Waals surface area contributed by atoms with Gasteiger partial charge in [0.2, 0.25) is 0 Å². The standard InChI is InChI=1S/C10H11ClN2O4/c11-8-3-1-7(2-4-8)5-12-10(16)13-17-6-9(14)15/h1-4H,5-6H2,(H,14,15)(H2,12,13,16). The monoisotopic (exact) mass is 258 g/mol. The second-order valence-corrected chi connectivity index (χ2v) is 3.53. The zero-order valence-corrected chi connectivity index (χ0v) is 9.53. The average Bonchev–Trinajstić information content (AvgIpc) is 2.28. The molecule has 1 rings (SSSR count). The Morgan fingerprint density at radius 2 is 1.94 bits per heavy atom. The van der Waals surface area contributed by atoms with E-state index in [1.165, 1.54) is 0 Å². The lowest BCUT2D eigenvalue weighted by Crippen LogP contribution is -2.36. The first-order valence-electron chi connectivity index (χ1n) is 4.70. The number of carbonyl (C=O) groups excluding carboxylic acids is 1. The smallest absolute Gasteiger partial charge is 0.338 e. The molecule has 0 spiro atoms. The van der Waals surface area contributed by atoms with E-state index in [1.807, 2.05) is 5.48 Å². The quantitative estimate of drug-likeness (QED) is 0.692. The van der Waals surface area contributed by atoms with Crippen molar-refractivity contribution in [1.82, 2.24) is 10.8 Å². The van der Waals surface area contributed by atoms with E-state index in [0.717, 1.165) is 5.56 Å². The van der Waals surface area contributed by atoms with Gasteiger partial charge in [0.15, 0.2) is 6.61 Å². The van der Waals surface area contributed by atoms with Crippen LogP contribution in [-0.4, -0.2) is 23.7 Å². The molecule has 1 aromatic carbocycles. The number of rotatable bonds is 5. The van der Waals surface area contributed by atoms with Crippen LogP contribution in [0.15, 0.2) is 24.3 Å². The Kier molecular flexibility index (Phi) is 5.25. The number of carbonyl (C=O) groups is 2. The molecule has 0 radical (unpaired) electrons. The number of hydrogen-bond acceptors (Lipinski definition) is 3. The van der Waals surface area contributed by atoms with E-state index in [1.54, 1.807) is 24.3 Å². The molecule has 2 amide bonds. The van der Waals surface area contributed by atoms with Crippen LogP contribution in [0.2, 0.25) is 5.02 Å². The van der Waals surface area contributed by atoms with Crippen molar-refractivity contribution < 1.29 is 19.5 Å². The fourth-order valence-corrected chi connectivity index (χ4v) is 1.11. The molecular formula is C10H11ClN2O4. The molecular weight excluding hydrogens is 248 g/mol. The van der Waals surface area contributed by atoms with Crippen molar-refractivity contribution in [2.24, 2.45) is 0 Å². The van der Waals surface area contributed by atoms with Crippen LogP contribution in [0, 0.1) is 0 Å². The predicted molar refractivity (Wildman–Crippen MR) is 60.4 cm³/mol. The van der Waals surface area contributed by atoms with E-state index >= 15 is 0 Å². The van der Waals surface area contributed by atoms with Crippen molar-refractivity contribution in [2.75, 3.05) is 6.61 Å². The summed E-state index contributed by atoms with van der Waals surface area (Å²) < 4.78 is 0. The maximum absolute atomic E-state index is 11.1. The molecule has 0 unspecified atom stereocenters. The molecule has 1 aromatic rings. The van der Waals surface area contributed by atoms with Crippen molar-refractivity contribution in [3.05, 3.63) is 34.9 Å².